The number of carbonyl (C=O) groups is 1. The summed E-state index contributed by atoms with van der Waals surface area (Å²) >= 11 is 7.07. The minimum absolute atomic E-state index is 0.208. The molecule has 0 atom stereocenters. The van der Waals surface area contributed by atoms with Crippen LogP contribution in [-0.4, -0.2) is 15.0 Å². The second-order valence-corrected chi connectivity index (χ2v) is 8.07. The molecule has 0 aliphatic heterocycles. The summed E-state index contributed by atoms with van der Waals surface area (Å²) in [7, 11) is 0. The summed E-state index contributed by atoms with van der Waals surface area (Å²) in [5.74, 6) is -0.854. The molecule has 0 saturated carbocycles. The molecule has 0 aliphatic carbocycles. The third kappa shape index (κ3) is 4.06. The lowest BCUT2D eigenvalue weighted by Gasteiger charge is -2.15. The highest BCUT2D eigenvalue weighted by Gasteiger charge is 2.33. The maximum absolute atomic E-state index is 13.2. The van der Waals surface area contributed by atoms with Gasteiger partial charge < -0.3 is 5.32 Å². The molecule has 2 heterocycles. The van der Waals surface area contributed by atoms with Gasteiger partial charge in [-0.3, -0.25) is 14.2 Å². The largest absolute Gasteiger partial charge is 0.418 e. The fourth-order valence-electron chi connectivity index (χ4n) is 3.26. The van der Waals surface area contributed by atoms with Crippen LogP contribution in [0.3, 0.4) is 0 Å². The first-order valence-corrected chi connectivity index (χ1v) is 10.4. The molecule has 32 heavy (non-hydrogen) atoms. The van der Waals surface area contributed by atoms with Gasteiger partial charge in [-0.2, -0.15) is 13.2 Å². The molecule has 0 spiro atoms. The van der Waals surface area contributed by atoms with Crippen LogP contribution in [0.15, 0.2) is 69.6 Å². The number of carbonyl (C=O) groups excluding carboxylic acids is 1. The van der Waals surface area contributed by atoms with E-state index < -0.39 is 41.1 Å². The molecule has 0 fully saturated rings. The first-order valence-electron chi connectivity index (χ1n) is 9.12. The zero-order chi connectivity index (χ0) is 23.0. The Bertz CT molecular complexity index is 1460. The predicted molar refractivity (Wildman–Crippen MR) is 117 cm³/mol. The number of benzene rings is 2. The van der Waals surface area contributed by atoms with Crippen molar-refractivity contribution in [2.45, 2.75) is 12.7 Å². The van der Waals surface area contributed by atoms with Gasteiger partial charge in [-0.25, -0.2) is 9.36 Å². The first kappa shape index (κ1) is 21.8. The van der Waals surface area contributed by atoms with E-state index in [1.807, 2.05) is 0 Å². The second kappa shape index (κ2) is 8.29. The van der Waals surface area contributed by atoms with Gasteiger partial charge in [0.05, 0.1) is 22.5 Å². The molecule has 1 N–H and O–H groups in total. The summed E-state index contributed by atoms with van der Waals surface area (Å²) in [6, 6.07) is 12.1. The molecular weight excluding hydrogens is 467 g/mol. The number of nitrogens with zero attached hydrogens (tertiary/aromatic N) is 2. The van der Waals surface area contributed by atoms with Crippen molar-refractivity contribution in [1.29, 1.82) is 0 Å². The molecule has 11 heteroatoms. The average molecular weight is 480 g/mol. The Labute approximate surface area is 187 Å². The van der Waals surface area contributed by atoms with Crippen molar-refractivity contribution in [3.63, 3.8) is 0 Å². The van der Waals surface area contributed by atoms with Crippen molar-refractivity contribution in [1.82, 2.24) is 9.13 Å². The molecule has 0 bridgehead atoms. The summed E-state index contributed by atoms with van der Waals surface area (Å²) in [6.07, 6.45) is -4.67. The first-order chi connectivity index (χ1) is 15.2. The zero-order valence-electron chi connectivity index (χ0n) is 16.0. The Morgan fingerprint density at radius 2 is 1.81 bits per heavy atom. The molecule has 6 nitrogen and oxygen atoms in total. The van der Waals surface area contributed by atoms with Gasteiger partial charge in [0, 0.05) is 5.02 Å². The van der Waals surface area contributed by atoms with Crippen LogP contribution in [0.2, 0.25) is 5.02 Å². The van der Waals surface area contributed by atoms with Gasteiger partial charge in [-0.1, -0.05) is 29.8 Å². The van der Waals surface area contributed by atoms with Gasteiger partial charge in [-0.05, 0) is 41.8 Å². The van der Waals surface area contributed by atoms with E-state index in [4.69, 9.17) is 11.6 Å². The molecule has 2 aromatic carbocycles. The normalized spacial score (nSPS) is 11.6. The van der Waals surface area contributed by atoms with Gasteiger partial charge in [0.2, 0.25) is 5.91 Å². The van der Waals surface area contributed by atoms with E-state index in [1.165, 1.54) is 30.3 Å². The van der Waals surface area contributed by atoms with Crippen LogP contribution in [0.1, 0.15) is 5.56 Å². The smallest absolute Gasteiger partial charge is 0.324 e. The summed E-state index contributed by atoms with van der Waals surface area (Å²) in [4.78, 5) is 38.7. The van der Waals surface area contributed by atoms with Crippen molar-refractivity contribution in [2.24, 2.45) is 0 Å². The Morgan fingerprint density at radius 3 is 2.53 bits per heavy atom. The molecule has 4 rings (SSSR count). The molecule has 0 unspecified atom stereocenters. The standard InChI is InChI=1S/C21H13ClF3N3O3S/c22-12-4-3-5-13(10-12)28-19(30)18-16(8-9-32-18)27(20(28)31)11-17(29)26-15-7-2-1-6-14(15)21(23,24)25/h1-10H,11H2,(H,26,29). The van der Waals surface area contributed by atoms with Crippen molar-refractivity contribution >= 4 is 44.7 Å². The summed E-state index contributed by atoms with van der Waals surface area (Å²) in [5.41, 5.74) is -2.42. The Balaban J connectivity index is 1.78. The third-order valence-corrected chi connectivity index (χ3v) is 5.76. The van der Waals surface area contributed by atoms with E-state index in [9.17, 15) is 27.6 Å². The van der Waals surface area contributed by atoms with Crippen LogP contribution in [0.4, 0.5) is 18.9 Å². The van der Waals surface area contributed by atoms with E-state index >= 15 is 0 Å². The SMILES string of the molecule is O=C(Cn1c(=O)n(-c2cccc(Cl)c2)c(=O)c2sccc21)Nc1ccccc1C(F)(F)F. The number of anilines is 1. The van der Waals surface area contributed by atoms with Crippen molar-refractivity contribution in [2.75, 3.05) is 5.32 Å². The number of para-hydroxylation sites is 1. The lowest BCUT2D eigenvalue weighted by Crippen LogP contribution is -2.40. The van der Waals surface area contributed by atoms with Crippen molar-refractivity contribution in [3.8, 4) is 5.69 Å². The molecule has 4 aromatic rings. The number of amides is 1. The minimum atomic E-state index is -4.67. The number of nitrogens with one attached hydrogen (secondary N) is 1. The lowest BCUT2D eigenvalue weighted by atomic mass is 10.1. The quantitative estimate of drug-likeness (QED) is 0.467. The molecule has 0 radical (unpaired) electrons. The highest BCUT2D eigenvalue weighted by atomic mass is 35.5. The van der Waals surface area contributed by atoms with Gasteiger partial charge in [-0.15, -0.1) is 11.3 Å². The second-order valence-electron chi connectivity index (χ2n) is 6.72. The topological polar surface area (TPSA) is 73.1 Å². The minimum Gasteiger partial charge on any atom is -0.324 e. The number of alkyl halides is 3. The number of rotatable bonds is 4. The molecule has 2 aromatic heterocycles. The van der Waals surface area contributed by atoms with E-state index in [-0.39, 0.29) is 15.9 Å². The molecule has 1 amide bonds. The fourth-order valence-corrected chi connectivity index (χ4v) is 4.26. The molecule has 0 aliphatic rings. The predicted octanol–water partition coefficient (Wildman–Crippen LogP) is 4.52. The van der Waals surface area contributed by atoms with Crippen LogP contribution in [0.25, 0.3) is 15.9 Å². The average Bonchev–Trinajstić information content (AvgIpc) is 3.21. The Kier molecular flexibility index (Phi) is 5.66. The van der Waals surface area contributed by atoms with Crippen molar-refractivity contribution in [3.05, 3.63) is 91.4 Å². The number of thiophene rings is 1. The number of aromatic nitrogens is 2. The van der Waals surface area contributed by atoms with Crippen molar-refractivity contribution < 1.29 is 18.0 Å². The van der Waals surface area contributed by atoms with Gasteiger partial charge in [0.15, 0.2) is 0 Å². The third-order valence-electron chi connectivity index (χ3n) is 4.63. The Hall–Kier alpha value is -3.37. The highest BCUT2D eigenvalue weighted by molar-refractivity contribution is 7.17. The van der Waals surface area contributed by atoms with Crippen LogP contribution in [0, 0.1) is 0 Å². The molecular formula is C21H13ClF3N3O3S. The van der Waals surface area contributed by atoms with Crippen LogP contribution in [-0.2, 0) is 17.5 Å². The fraction of sp³-hybridized carbons (Fsp3) is 0.0952. The lowest BCUT2D eigenvalue weighted by molar-refractivity contribution is -0.137. The van der Waals surface area contributed by atoms with Crippen LogP contribution in [0.5, 0.6) is 0 Å². The zero-order valence-corrected chi connectivity index (χ0v) is 17.6. The summed E-state index contributed by atoms with van der Waals surface area (Å²) in [5, 5.41) is 4.09. The van der Waals surface area contributed by atoms with Gasteiger partial charge in [0.25, 0.3) is 5.56 Å². The molecule has 0 saturated heterocycles. The number of hydrogen-bond acceptors (Lipinski definition) is 4. The highest BCUT2D eigenvalue weighted by Crippen LogP contribution is 2.34. The van der Waals surface area contributed by atoms with Crippen LogP contribution >= 0.6 is 22.9 Å². The van der Waals surface area contributed by atoms with E-state index in [0.29, 0.717) is 5.02 Å². The van der Waals surface area contributed by atoms with Gasteiger partial charge >= 0.3 is 11.9 Å². The van der Waals surface area contributed by atoms with E-state index in [2.05, 4.69) is 5.32 Å². The summed E-state index contributed by atoms with van der Waals surface area (Å²) < 4.78 is 41.8. The monoisotopic (exact) mass is 479 g/mol. The number of halogens is 4. The summed E-state index contributed by atoms with van der Waals surface area (Å²) in [6.45, 7) is -0.598. The number of hydrogen-bond donors (Lipinski definition) is 1. The maximum Gasteiger partial charge on any atom is 0.418 e. The van der Waals surface area contributed by atoms with E-state index in [0.717, 1.165) is 32.6 Å². The number of fused-ring (bicyclic) bond motifs is 1. The maximum atomic E-state index is 13.2. The molecule has 164 valence electrons. The van der Waals surface area contributed by atoms with Crippen LogP contribution < -0.4 is 16.6 Å². The Morgan fingerprint density at radius 1 is 1.06 bits per heavy atom. The van der Waals surface area contributed by atoms with E-state index in [1.54, 1.807) is 17.5 Å². The van der Waals surface area contributed by atoms with Gasteiger partial charge in [0.1, 0.15) is 11.2 Å².